The zero-order valence-corrected chi connectivity index (χ0v) is 12.6. The van der Waals surface area contributed by atoms with Gasteiger partial charge in [0.05, 0.1) is 7.11 Å². The van der Waals surface area contributed by atoms with E-state index in [2.05, 4.69) is 30.7 Å². The molecular formula is C14H15N7O2. The fraction of sp³-hybridized carbons (Fsp3) is 0.214. The van der Waals surface area contributed by atoms with Crippen molar-refractivity contribution in [2.45, 2.75) is 6.92 Å². The van der Waals surface area contributed by atoms with E-state index in [1.165, 1.54) is 7.11 Å². The van der Waals surface area contributed by atoms with Crippen molar-refractivity contribution in [3.63, 3.8) is 0 Å². The quantitative estimate of drug-likeness (QED) is 0.752. The van der Waals surface area contributed by atoms with E-state index in [9.17, 15) is 4.79 Å². The van der Waals surface area contributed by atoms with Crippen molar-refractivity contribution in [2.75, 3.05) is 19.0 Å². The summed E-state index contributed by atoms with van der Waals surface area (Å²) in [7, 11) is 1.51. The number of carbonyl (C=O) groups is 1. The predicted octanol–water partition coefficient (Wildman–Crippen LogP) is 1.34. The smallest absolute Gasteiger partial charge is 0.321 e. The Labute approximate surface area is 131 Å². The summed E-state index contributed by atoms with van der Waals surface area (Å²) in [6, 6.07) is 3.67. The Morgan fingerprint density at radius 3 is 2.78 bits per heavy atom. The zero-order valence-electron chi connectivity index (χ0n) is 12.6. The number of ether oxygens (including phenoxy) is 1. The van der Waals surface area contributed by atoms with Crippen LogP contribution in [-0.4, -0.2) is 44.3 Å². The van der Waals surface area contributed by atoms with Crippen molar-refractivity contribution < 1.29 is 9.53 Å². The van der Waals surface area contributed by atoms with Crippen LogP contribution in [0.3, 0.4) is 0 Å². The third-order valence-corrected chi connectivity index (χ3v) is 3.04. The molecule has 0 aliphatic rings. The minimum absolute atomic E-state index is 0.235. The lowest BCUT2D eigenvalue weighted by molar-refractivity contribution is 0.252. The Bertz CT molecular complexity index is 829. The van der Waals surface area contributed by atoms with Gasteiger partial charge in [-0.3, -0.25) is 5.32 Å². The number of rotatable bonds is 4. The first kappa shape index (κ1) is 14.7. The second-order valence-corrected chi connectivity index (χ2v) is 4.60. The van der Waals surface area contributed by atoms with Crippen LogP contribution < -0.4 is 15.4 Å². The van der Waals surface area contributed by atoms with Gasteiger partial charge in [-0.05, 0) is 24.6 Å². The standard InChI is InChI=1S/C14H15N7O2/c1-3-15-13(22)19-12-18-11-6-9(4-5-21(11)20-12)10-7-16-14(23-2)17-8-10/h4-8H,3H2,1-2H3,(H2,15,19,20,22). The van der Waals surface area contributed by atoms with Crippen LogP contribution in [0.4, 0.5) is 10.7 Å². The lowest BCUT2D eigenvalue weighted by Gasteiger charge is -2.02. The molecule has 0 aromatic carbocycles. The van der Waals surface area contributed by atoms with Crippen molar-refractivity contribution >= 4 is 17.6 Å². The highest BCUT2D eigenvalue weighted by atomic mass is 16.5. The van der Waals surface area contributed by atoms with Crippen molar-refractivity contribution in [3.8, 4) is 17.1 Å². The van der Waals surface area contributed by atoms with Gasteiger partial charge in [0.1, 0.15) is 0 Å². The molecule has 0 fully saturated rings. The van der Waals surface area contributed by atoms with E-state index in [-0.39, 0.29) is 12.0 Å². The summed E-state index contributed by atoms with van der Waals surface area (Å²) in [4.78, 5) is 23.9. The number of aromatic nitrogens is 5. The van der Waals surface area contributed by atoms with Gasteiger partial charge in [-0.2, -0.15) is 4.98 Å². The van der Waals surface area contributed by atoms with E-state index in [4.69, 9.17) is 4.74 Å². The second kappa shape index (κ2) is 6.26. The minimum atomic E-state index is -0.341. The highest BCUT2D eigenvalue weighted by Crippen LogP contribution is 2.20. The van der Waals surface area contributed by atoms with Gasteiger partial charge >= 0.3 is 12.0 Å². The molecule has 0 aliphatic heterocycles. The van der Waals surface area contributed by atoms with Crippen LogP contribution in [0.5, 0.6) is 6.01 Å². The summed E-state index contributed by atoms with van der Waals surface area (Å²) in [6.45, 7) is 2.36. The van der Waals surface area contributed by atoms with E-state index in [1.54, 1.807) is 23.1 Å². The summed E-state index contributed by atoms with van der Waals surface area (Å²) in [5.41, 5.74) is 2.32. The van der Waals surface area contributed by atoms with Crippen LogP contribution in [-0.2, 0) is 0 Å². The maximum absolute atomic E-state index is 11.5. The van der Waals surface area contributed by atoms with Gasteiger partial charge in [-0.1, -0.05) is 0 Å². The van der Waals surface area contributed by atoms with Crippen LogP contribution in [0.15, 0.2) is 30.7 Å². The number of hydrogen-bond acceptors (Lipinski definition) is 6. The van der Waals surface area contributed by atoms with Crippen LogP contribution in [0.25, 0.3) is 16.8 Å². The molecule has 3 rings (SSSR count). The molecule has 0 saturated heterocycles. The molecule has 0 spiro atoms. The number of carbonyl (C=O) groups excluding carboxylic acids is 1. The molecule has 0 saturated carbocycles. The van der Waals surface area contributed by atoms with Crippen molar-refractivity contribution in [3.05, 3.63) is 30.7 Å². The van der Waals surface area contributed by atoms with Gasteiger partial charge < -0.3 is 10.1 Å². The largest absolute Gasteiger partial charge is 0.467 e. The third-order valence-electron chi connectivity index (χ3n) is 3.04. The number of fused-ring (bicyclic) bond motifs is 1. The van der Waals surface area contributed by atoms with E-state index in [0.717, 1.165) is 11.1 Å². The summed E-state index contributed by atoms with van der Waals surface area (Å²) >= 11 is 0. The van der Waals surface area contributed by atoms with Crippen LogP contribution in [0.2, 0.25) is 0 Å². The first-order valence-electron chi connectivity index (χ1n) is 6.97. The normalized spacial score (nSPS) is 10.5. The molecule has 9 nitrogen and oxygen atoms in total. The average molecular weight is 313 g/mol. The number of nitrogens with one attached hydrogen (secondary N) is 2. The maximum Gasteiger partial charge on any atom is 0.321 e. The van der Waals surface area contributed by atoms with Crippen LogP contribution in [0, 0.1) is 0 Å². The number of pyridine rings is 1. The molecule has 2 N–H and O–H groups in total. The lowest BCUT2D eigenvalue weighted by Crippen LogP contribution is -2.28. The number of urea groups is 1. The molecule has 9 heteroatoms. The minimum Gasteiger partial charge on any atom is -0.467 e. The molecule has 2 amide bonds. The van der Waals surface area contributed by atoms with Crippen LogP contribution >= 0.6 is 0 Å². The number of anilines is 1. The lowest BCUT2D eigenvalue weighted by atomic mass is 10.1. The molecule has 3 aromatic heterocycles. The van der Waals surface area contributed by atoms with Gasteiger partial charge in [0.15, 0.2) is 5.65 Å². The fourth-order valence-corrected chi connectivity index (χ4v) is 1.99. The summed E-state index contributed by atoms with van der Waals surface area (Å²) in [6.07, 6.45) is 5.09. The molecule has 0 bridgehead atoms. The molecule has 3 heterocycles. The highest BCUT2D eigenvalue weighted by Gasteiger charge is 2.08. The Morgan fingerprint density at radius 2 is 2.09 bits per heavy atom. The van der Waals surface area contributed by atoms with E-state index < -0.39 is 0 Å². The Balaban J connectivity index is 1.87. The van der Waals surface area contributed by atoms with Gasteiger partial charge in [-0.25, -0.2) is 19.3 Å². The molecule has 23 heavy (non-hydrogen) atoms. The number of hydrogen-bond donors (Lipinski definition) is 2. The number of methoxy groups -OCH3 is 1. The molecule has 3 aromatic rings. The number of nitrogens with zero attached hydrogens (tertiary/aromatic N) is 5. The van der Waals surface area contributed by atoms with Crippen molar-refractivity contribution in [1.82, 2.24) is 29.9 Å². The highest BCUT2D eigenvalue weighted by molar-refractivity contribution is 5.87. The Morgan fingerprint density at radius 1 is 1.30 bits per heavy atom. The topological polar surface area (TPSA) is 106 Å². The molecule has 0 radical (unpaired) electrons. The van der Waals surface area contributed by atoms with E-state index in [1.807, 2.05) is 19.1 Å². The summed E-state index contributed by atoms with van der Waals surface area (Å²) in [5, 5.41) is 9.37. The molecular weight excluding hydrogens is 298 g/mol. The molecule has 0 atom stereocenters. The average Bonchev–Trinajstić information content (AvgIpc) is 2.96. The van der Waals surface area contributed by atoms with Gasteiger partial charge in [0.25, 0.3) is 5.95 Å². The summed E-state index contributed by atoms with van der Waals surface area (Å²) in [5.74, 6) is 0.235. The zero-order chi connectivity index (χ0) is 16.2. The van der Waals surface area contributed by atoms with Gasteiger partial charge in [0, 0.05) is 30.7 Å². The first-order chi connectivity index (χ1) is 11.2. The second-order valence-electron chi connectivity index (χ2n) is 4.60. The SMILES string of the molecule is CCNC(=O)Nc1nc2cc(-c3cnc(OC)nc3)ccn2n1. The summed E-state index contributed by atoms with van der Waals surface area (Å²) < 4.78 is 6.52. The molecule has 0 unspecified atom stereocenters. The molecule has 0 aliphatic carbocycles. The maximum atomic E-state index is 11.5. The Kier molecular flexibility index (Phi) is 4.00. The molecule has 118 valence electrons. The predicted molar refractivity (Wildman–Crippen MR) is 83.3 cm³/mol. The van der Waals surface area contributed by atoms with Crippen molar-refractivity contribution in [2.24, 2.45) is 0 Å². The Hall–Kier alpha value is -3.23. The van der Waals surface area contributed by atoms with Crippen molar-refractivity contribution in [1.29, 1.82) is 0 Å². The third kappa shape index (κ3) is 3.18. The number of amides is 2. The first-order valence-corrected chi connectivity index (χ1v) is 6.97. The van der Waals surface area contributed by atoms with E-state index >= 15 is 0 Å². The van der Waals surface area contributed by atoms with Gasteiger partial charge in [-0.15, -0.1) is 5.10 Å². The van der Waals surface area contributed by atoms with Gasteiger partial charge in [0.2, 0.25) is 0 Å². The monoisotopic (exact) mass is 313 g/mol. The van der Waals surface area contributed by atoms with Crippen LogP contribution in [0.1, 0.15) is 6.92 Å². The fourth-order valence-electron chi connectivity index (χ4n) is 1.99. The van der Waals surface area contributed by atoms with E-state index in [0.29, 0.717) is 18.2 Å².